The van der Waals surface area contributed by atoms with Crippen molar-refractivity contribution in [1.29, 1.82) is 0 Å². The minimum atomic E-state index is -0.254. The summed E-state index contributed by atoms with van der Waals surface area (Å²) < 4.78 is 4.68. The van der Waals surface area contributed by atoms with E-state index in [2.05, 4.69) is 30.7 Å². The number of carbonyl (C=O) groups is 1. The third kappa shape index (κ3) is 10.1. The van der Waals surface area contributed by atoms with Crippen molar-refractivity contribution in [3.05, 3.63) is 35.4 Å². The molecule has 0 bridgehead atoms. The molecule has 0 aromatic heterocycles. The second-order valence-electron chi connectivity index (χ2n) is 5.16. The fraction of sp³-hybridized carbons (Fsp3) is 0.667. The predicted molar refractivity (Wildman–Crippen MR) is 102 cm³/mol. The molecule has 0 unspecified atom stereocenters. The predicted octanol–water partition coefficient (Wildman–Crippen LogP) is 6.99. The SMILES string of the molecule is CC.CC.CCC.COC(=O)c1ccc(C2CCCCC2)cc1. The summed E-state index contributed by atoms with van der Waals surface area (Å²) in [6.07, 6.45) is 7.87. The Kier molecular flexibility index (Phi) is 17.8. The van der Waals surface area contributed by atoms with Gasteiger partial charge >= 0.3 is 5.97 Å². The lowest BCUT2D eigenvalue weighted by atomic mass is 9.84. The summed E-state index contributed by atoms with van der Waals surface area (Å²) in [4.78, 5) is 11.3. The lowest BCUT2D eigenvalue weighted by Crippen LogP contribution is -2.05. The zero-order valence-corrected chi connectivity index (χ0v) is 16.4. The van der Waals surface area contributed by atoms with Crippen LogP contribution in [0.2, 0.25) is 0 Å². The van der Waals surface area contributed by atoms with Crippen molar-refractivity contribution in [2.75, 3.05) is 7.11 Å². The Balaban J connectivity index is 0. The average Bonchev–Trinajstić information content (AvgIpc) is 2.66. The summed E-state index contributed by atoms with van der Waals surface area (Å²) in [6.45, 7) is 12.2. The molecule has 0 atom stereocenters. The first kappa shape index (κ1) is 23.9. The van der Waals surface area contributed by atoms with E-state index >= 15 is 0 Å². The third-order valence-corrected chi connectivity index (χ3v) is 3.41. The van der Waals surface area contributed by atoms with Gasteiger partial charge in [-0.25, -0.2) is 4.79 Å². The Morgan fingerprint density at radius 1 is 0.957 bits per heavy atom. The molecule has 1 fully saturated rings. The van der Waals surface area contributed by atoms with Crippen molar-refractivity contribution in [3.8, 4) is 0 Å². The molecule has 1 aliphatic carbocycles. The maximum atomic E-state index is 11.3. The zero-order valence-electron chi connectivity index (χ0n) is 16.4. The van der Waals surface area contributed by atoms with Crippen LogP contribution in [0, 0.1) is 0 Å². The quantitative estimate of drug-likeness (QED) is 0.548. The normalized spacial score (nSPS) is 13.2. The third-order valence-electron chi connectivity index (χ3n) is 3.41. The summed E-state index contributed by atoms with van der Waals surface area (Å²) in [7, 11) is 1.41. The van der Waals surface area contributed by atoms with E-state index in [1.165, 1.54) is 51.2 Å². The molecule has 1 aliphatic rings. The van der Waals surface area contributed by atoms with E-state index in [1.54, 1.807) is 0 Å². The molecule has 134 valence electrons. The number of esters is 1. The van der Waals surface area contributed by atoms with Gasteiger partial charge in [0.15, 0.2) is 0 Å². The molecule has 0 spiro atoms. The van der Waals surface area contributed by atoms with E-state index in [-0.39, 0.29) is 5.97 Å². The number of hydrogen-bond donors (Lipinski definition) is 0. The van der Waals surface area contributed by atoms with Gasteiger partial charge in [-0.15, -0.1) is 0 Å². The first-order valence-corrected chi connectivity index (χ1v) is 9.41. The van der Waals surface area contributed by atoms with E-state index in [4.69, 9.17) is 0 Å². The Morgan fingerprint density at radius 2 is 1.39 bits per heavy atom. The van der Waals surface area contributed by atoms with Crippen molar-refractivity contribution < 1.29 is 9.53 Å². The highest BCUT2D eigenvalue weighted by molar-refractivity contribution is 5.89. The van der Waals surface area contributed by atoms with E-state index in [9.17, 15) is 4.79 Å². The average molecular weight is 323 g/mol. The van der Waals surface area contributed by atoms with Gasteiger partial charge in [0, 0.05) is 0 Å². The molecule has 0 aliphatic heterocycles. The molecule has 0 radical (unpaired) electrons. The number of rotatable bonds is 2. The summed E-state index contributed by atoms with van der Waals surface area (Å²) >= 11 is 0. The zero-order chi connectivity index (χ0) is 18.1. The van der Waals surface area contributed by atoms with E-state index in [0.29, 0.717) is 11.5 Å². The molecule has 2 nitrogen and oxygen atoms in total. The van der Waals surface area contributed by atoms with E-state index in [1.807, 2.05) is 39.8 Å². The minimum absolute atomic E-state index is 0.254. The summed E-state index contributed by atoms with van der Waals surface area (Å²) in [5.41, 5.74) is 2.01. The molecule has 0 N–H and O–H groups in total. The number of hydrogen-bond acceptors (Lipinski definition) is 2. The van der Waals surface area contributed by atoms with Crippen LogP contribution in [0.5, 0.6) is 0 Å². The topological polar surface area (TPSA) is 26.3 Å². The van der Waals surface area contributed by atoms with Crippen molar-refractivity contribution in [2.24, 2.45) is 0 Å². The minimum Gasteiger partial charge on any atom is -0.465 e. The van der Waals surface area contributed by atoms with Gasteiger partial charge in [0.05, 0.1) is 12.7 Å². The molecule has 23 heavy (non-hydrogen) atoms. The van der Waals surface area contributed by atoms with Crippen LogP contribution < -0.4 is 0 Å². The summed E-state index contributed by atoms with van der Waals surface area (Å²) in [6, 6.07) is 7.88. The van der Waals surface area contributed by atoms with Gasteiger partial charge in [-0.05, 0) is 36.5 Å². The Morgan fingerprint density at radius 3 is 1.78 bits per heavy atom. The van der Waals surface area contributed by atoms with Gasteiger partial charge in [-0.1, -0.05) is 79.4 Å². The van der Waals surface area contributed by atoms with Crippen LogP contribution in [-0.2, 0) is 4.74 Å². The smallest absolute Gasteiger partial charge is 0.337 e. The largest absolute Gasteiger partial charge is 0.465 e. The highest BCUT2D eigenvalue weighted by Crippen LogP contribution is 2.32. The molecule has 2 rings (SSSR count). The number of methoxy groups -OCH3 is 1. The first-order valence-electron chi connectivity index (χ1n) is 9.41. The molecule has 0 heterocycles. The molecular formula is C21H38O2. The van der Waals surface area contributed by atoms with Crippen LogP contribution in [-0.4, -0.2) is 13.1 Å². The van der Waals surface area contributed by atoms with Crippen molar-refractivity contribution in [2.45, 2.75) is 86.0 Å². The van der Waals surface area contributed by atoms with Gasteiger partial charge in [0.2, 0.25) is 0 Å². The van der Waals surface area contributed by atoms with Crippen LogP contribution >= 0.6 is 0 Å². The fourth-order valence-electron chi connectivity index (χ4n) is 2.45. The second-order valence-corrected chi connectivity index (χ2v) is 5.16. The Hall–Kier alpha value is -1.31. The van der Waals surface area contributed by atoms with Gasteiger partial charge in [0.1, 0.15) is 0 Å². The van der Waals surface area contributed by atoms with Crippen LogP contribution in [0.1, 0.15) is 102 Å². The summed E-state index contributed by atoms with van der Waals surface area (Å²) in [5, 5.41) is 0. The highest BCUT2D eigenvalue weighted by atomic mass is 16.5. The molecule has 1 aromatic rings. The van der Waals surface area contributed by atoms with Crippen LogP contribution in [0.4, 0.5) is 0 Å². The van der Waals surface area contributed by atoms with Crippen molar-refractivity contribution in [3.63, 3.8) is 0 Å². The highest BCUT2D eigenvalue weighted by Gasteiger charge is 2.15. The second kappa shape index (κ2) is 17.1. The number of carbonyl (C=O) groups excluding carboxylic acids is 1. The summed E-state index contributed by atoms with van der Waals surface area (Å²) in [5.74, 6) is 0.440. The van der Waals surface area contributed by atoms with E-state index in [0.717, 1.165) is 0 Å². The molecule has 1 saturated carbocycles. The fourth-order valence-corrected chi connectivity index (χ4v) is 2.45. The first-order chi connectivity index (χ1) is 11.2. The van der Waals surface area contributed by atoms with Crippen molar-refractivity contribution >= 4 is 5.97 Å². The molecule has 0 saturated heterocycles. The van der Waals surface area contributed by atoms with Gasteiger partial charge in [-0.3, -0.25) is 0 Å². The molecule has 2 heteroatoms. The van der Waals surface area contributed by atoms with Gasteiger partial charge in [-0.2, -0.15) is 0 Å². The molecule has 0 amide bonds. The number of ether oxygens (including phenoxy) is 1. The Labute approximate surface area is 144 Å². The molecular weight excluding hydrogens is 284 g/mol. The number of benzene rings is 1. The lowest BCUT2D eigenvalue weighted by molar-refractivity contribution is 0.0600. The van der Waals surface area contributed by atoms with Crippen molar-refractivity contribution in [1.82, 2.24) is 0 Å². The maximum Gasteiger partial charge on any atom is 0.337 e. The Bertz CT molecular complexity index is 362. The lowest BCUT2D eigenvalue weighted by Gasteiger charge is -2.21. The maximum absolute atomic E-state index is 11.3. The molecule has 1 aromatic carbocycles. The van der Waals surface area contributed by atoms with Gasteiger partial charge < -0.3 is 4.74 Å². The standard InChI is InChI=1S/C14H18O2.C3H8.2C2H6/c1-16-14(15)13-9-7-12(8-10-13)11-5-3-2-4-6-11;1-3-2;2*1-2/h7-11H,2-6H2,1H3;3H2,1-2H3;2*1-2H3. The van der Waals surface area contributed by atoms with E-state index < -0.39 is 0 Å². The monoisotopic (exact) mass is 322 g/mol. The van der Waals surface area contributed by atoms with Gasteiger partial charge in [0.25, 0.3) is 0 Å². The van der Waals surface area contributed by atoms with Crippen LogP contribution in [0.3, 0.4) is 0 Å². The van der Waals surface area contributed by atoms with Crippen LogP contribution in [0.15, 0.2) is 24.3 Å². The van der Waals surface area contributed by atoms with Crippen LogP contribution in [0.25, 0.3) is 0 Å².